The molecule has 0 aliphatic heterocycles. The van der Waals surface area contributed by atoms with Crippen LogP contribution in [-0.2, 0) is 14.8 Å². The summed E-state index contributed by atoms with van der Waals surface area (Å²) in [6.07, 6.45) is 2.76. The molecule has 1 amide bonds. The fourth-order valence-electron chi connectivity index (χ4n) is 2.68. The van der Waals surface area contributed by atoms with Crippen LogP contribution in [0, 0.1) is 13.8 Å². The number of sulfonamides is 1. The maximum Gasteiger partial charge on any atom is 0.261 e. The van der Waals surface area contributed by atoms with Crippen molar-refractivity contribution in [2.45, 2.75) is 44.9 Å². The lowest BCUT2D eigenvalue weighted by molar-refractivity contribution is 0.0940. The fourth-order valence-corrected chi connectivity index (χ4v) is 3.96. The van der Waals surface area contributed by atoms with Gasteiger partial charge in [-0.25, -0.2) is 8.42 Å². The number of carbonyl (C=O) groups excluding carboxylic acids is 1. The van der Waals surface area contributed by atoms with Gasteiger partial charge in [-0.3, -0.25) is 9.52 Å². The molecule has 0 radical (unpaired) electrons. The van der Waals surface area contributed by atoms with E-state index >= 15 is 0 Å². The van der Waals surface area contributed by atoms with Gasteiger partial charge in [0.1, 0.15) is 0 Å². The number of hydrogen-bond donors (Lipinski definition) is 2. The van der Waals surface area contributed by atoms with Gasteiger partial charge in [0, 0.05) is 25.4 Å². The van der Waals surface area contributed by atoms with Crippen LogP contribution in [0.2, 0.25) is 5.02 Å². The van der Waals surface area contributed by atoms with Crippen LogP contribution in [0.4, 0.5) is 5.69 Å². The van der Waals surface area contributed by atoms with Gasteiger partial charge in [-0.15, -0.1) is 0 Å². The highest BCUT2D eigenvalue weighted by atomic mass is 35.5. The molecule has 0 heterocycles. The molecule has 2 rings (SSSR count). The Bertz CT molecular complexity index is 977. The van der Waals surface area contributed by atoms with Crippen molar-refractivity contribution in [3.8, 4) is 0 Å². The minimum atomic E-state index is -3.86. The lowest BCUT2D eigenvalue weighted by Crippen LogP contribution is -2.26. The molecule has 30 heavy (non-hydrogen) atoms. The first-order valence-corrected chi connectivity index (χ1v) is 11.9. The van der Waals surface area contributed by atoms with Gasteiger partial charge in [-0.1, -0.05) is 31.0 Å². The molecule has 0 unspecified atom stereocenters. The number of amides is 1. The third-order valence-corrected chi connectivity index (χ3v) is 6.35. The van der Waals surface area contributed by atoms with Crippen molar-refractivity contribution in [2.24, 2.45) is 0 Å². The summed E-state index contributed by atoms with van der Waals surface area (Å²) in [5.74, 6) is -0.420. The largest absolute Gasteiger partial charge is 0.381 e. The zero-order valence-corrected chi connectivity index (χ0v) is 19.2. The topological polar surface area (TPSA) is 84.5 Å². The number of benzene rings is 2. The van der Waals surface area contributed by atoms with Crippen molar-refractivity contribution in [2.75, 3.05) is 24.5 Å². The highest BCUT2D eigenvalue weighted by Crippen LogP contribution is 2.23. The van der Waals surface area contributed by atoms with Gasteiger partial charge >= 0.3 is 0 Å². The van der Waals surface area contributed by atoms with E-state index in [4.69, 9.17) is 16.3 Å². The predicted molar refractivity (Wildman–Crippen MR) is 121 cm³/mol. The Hall–Kier alpha value is -2.09. The number of anilines is 1. The molecule has 164 valence electrons. The van der Waals surface area contributed by atoms with Gasteiger partial charge in [-0.05, 0) is 68.1 Å². The van der Waals surface area contributed by atoms with E-state index < -0.39 is 15.9 Å². The van der Waals surface area contributed by atoms with Crippen LogP contribution in [0.3, 0.4) is 0 Å². The molecule has 0 spiro atoms. The van der Waals surface area contributed by atoms with E-state index in [9.17, 15) is 13.2 Å². The molecule has 0 fully saturated rings. The molecule has 0 aliphatic carbocycles. The van der Waals surface area contributed by atoms with Crippen LogP contribution in [-0.4, -0.2) is 34.1 Å². The second-order valence-electron chi connectivity index (χ2n) is 7.12. The first-order chi connectivity index (χ1) is 14.2. The summed E-state index contributed by atoms with van der Waals surface area (Å²) in [6.45, 7) is 7.64. The first-order valence-electron chi connectivity index (χ1n) is 10.00. The van der Waals surface area contributed by atoms with E-state index in [-0.39, 0.29) is 15.5 Å². The highest BCUT2D eigenvalue weighted by Gasteiger charge is 2.19. The van der Waals surface area contributed by atoms with E-state index in [0.717, 1.165) is 24.0 Å². The average molecular weight is 453 g/mol. The van der Waals surface area contributed by atoms with Crippen molar-refractivity contribution < 1.29 is 17.9 Å². The maximum absolute atomic E-state index is 12.8. The average Bonchev–Trinajstić information content (AvgIpc) is 2.70. The standard InChI is InChI=1S/C22H29ClN2O4S/c1-4-5-12-29-13-6-11-24-22(26)20-15-19(9-10-21(20)23)30(27,28)25-18-8-7-16(2)17(3)14-18/h7-10,14-15,25H,4-6,11-13H2,1-3H3,(H,24,26). The van der Waals surface area contributed by atoms with Crippen LogP contribution < -0.4 is 10.0 Å². The van der Waals surface area contributed by atoms with Crippen molar-refractivity contribution in [3.05, 3.63) is 58.1 Å². The van der Waals surface area contributed by atoms with Crippen molar-refractivity contribution >= 4 is 33.2 Å². The molecule has 6 nitrogen and oxygen atoms in total. The number of aryl methyl sites for hydroxylation is 2. The van der Waals surface area contributed by atoms with E-state index in [2.05, 4.69) is 17.0 Å². The molecule has 0 saturated heterocycles. The van der Waals surface area contributed by atoms with Gasteiger partial charge in [0.05, 0.1) is 15.5 Å². The monoisotopic (exact) mass is 452 g/mol. The Kier molecular flexibility index (Phi) is 9.14. The smallest absolute Gasteiger partial charge is 0.261 e. The van der Waals surface area contributed by atoms with Crippen LogP contribution in [0.15, 0.2) is 41.3 Å². The molecule has 2 N–H and O–H groups in total. The Morgan fingerprint density at radius 2 is 1.77 bits per heavy atom. The number of nitrogens with one attached hydrogen (secondary N) is 2. The summed E-state index contributed by atoms with van der Waals surface area (Å²) in [5, 5.41) is 2.95. The number of hydrogen-bond acceptors (Lipinski definition) is 4. The molecular formula is C22H29ClN2O4S. The summed E-state index contributed by atoms with van der Waals surface area (Å²) in [5.41, 5.74) is 2.62. The molecule has 0 aromatic heterocycles. The van der Waals surface area contributed by atoms with Gasteiger partial charge in [0.2, 0.25) is 0 Å². The molecule has 0 saturated carbocycles. The molecule has 8 heteroatoms. The van der Waals surface area contributed by atoms with Gasteiger partial charge in [-0.2, -0.15) is 0 Å². The third kappa shape index (κ3) is 7.00. The minimum Gasteiger partial charge on any atom is -0.381 e. The van der Waals surface area contributed by atoms with Gasteiger partial charge in [0.25, 0.3) is 15.9 Å². The molecule has 0 bridgehead atoms. The van der Waals surface area contributed by atoms with Crippen LogP contribution in [0.5, 0.6) is 0 Å². The second kappa shape index (κ2) is 11.3. The van der Waals surface area contributed by atoms with E-state index in [1.165, 1.54) is 18.2 Å². The number of ether oxygens (including phenoxy) is 1. The normalized spacial score (nSPS) is 11.3. The summed E-state index contributed by atoms with van der Waals surface area (Å²) < 4.78 is 33.5. The zero-order valence-electron chi connectivity index (χ0n) is 17.6. The Morgan fingerprint density at radius 1 is 1.03 bits per heavy atom. The van der Waals surface area contributed by atoms with Crippen molar-refractivity contribution in [1.29, 1.82) is 0 Å². The summed E-state index contributed by atoms with van der Waals surface area (Å²) in [4.78, 5) is 12.4. The Morgan fingerprint density at radius 3 is 2.47 bits per heavy atom. The van der Waals surface area contributed by atoms with Crippen LogP contribution in [0.25, 0.3) is 0 Å². The predicted octanol–water partition coefficient (Wildman–Crippen LogP) is 4.69. The minimum absolute atomic E-state index is 0.0295. The third-order valence-electron chi connectivity index (χ3n) is 4.65. The molecular weight excluding hydrogens is 424 g/mol. The first kappa shape index (κ1) is 24.2. The Balaban J connectivity index is 2.04. The maximum atomic E-state index is 12.8. The summed E-state index contributed by atoms with van der Waals surface area (Å²) >= 11 is 6.14. The van der Waals surface area contributed by atoms with Crippen LogP contribution >= 0.6 is 11.6 Å². The van der Waals surface area contributed by atoms with Crippen molar-refractivity contribution in [1.82, 2.24) is 5.32 Å². The van der Waals surface area contributed by atoms with Crippen LogP contribution in [0.1, 0.15) is 47.7 Å². The van der Waals surface area contributed by atoms with Gasteiger partial charge in [0.15, 0.2) is 0 Å². The summed E-state index contributed by atoms with van der Waals surface area (Å²) in [6, 6.07) is 9.40. The highest BCUT2D eigenvalue weighted by molar-refractivity contribution is 7.92. The number of carbonyl (C=O) groups is 1. The zero-order chi connectivity index (χ0) is 22.1. The quantitative estimate of drug-likeness (QED) is 0.484. The van der Waals surface area contributed by atoms with E-state index in [1.54, 1.807) is 12.1 Å². The SMILES string of the molecule is CCCCOCCCNC(=O)c1cc(S(=O)(=O)Nc2ccc(C)c(C)c2)ccc1Cl. The molecule has 2 aromatic rings. The molecule has 2 aromatic carbocycles. The lowest BCUT2D eigenvalue weighted by Gasteiger charge is -2.12. The summed E-state index contributed by atoms with van der Waals surface area (Å²) in [7, 11) is -3.86. The van der Waals surface area contributed by atoms with E-state index in [1.807, 2.05) is 19.9 Å². The van der Waals surface area contributed by atoms with Crippen molar-refractivity contribution in [3.63, 3.8) is 0 Å². The van der Waals surface area contributed by atoms with Gasteiger partial charge < -0.3 is 10.1 Å². The number of rotatable bonds is 11. The van der Waals surface area contributed by atoms with E-state index in [0.29, 0.717) is 31.9 Å². The number of unbranched alkanes of at least 4 members (excludes halogenated alkanes) is 1. The molecule has 0 atom stereocenters. The second-order valence-corrected chi connectivity index (χ2v) is 9.21. The fraction of sp³-hybridized carbons (Fsp3) is 0.409. The lowest BCUT2D eigenvalue weighted by atomic mass is 10.1. The Labute approximate surface area is 184 Å². The number of halogens is 1. The molecule has 0 aliphatic rings.